The zero-order chi connectivity index (χ0) is 14.8. The van der Waals surface area contributed by atoms with Crippen molar-refractivity contribution in [2.24, 2.45) is 0 Å². The lowest BCUT2D eigenvalue weighted by molar-refractivity contribution is -0.747. The molecule has 1 aromatic heterocycles. The Morgan fingerprint density at radius 1 is 1.40 bits per heavy atom. The Kier molecular flexibility index (Phi) is 3.96. The van der Waals surface area contributed by atoms with Crippen molar-refractivity contribution >= 4 is 27.0 Å². The van der Waals surface area contributed by atoms with Gasteiger partial charge < -0.3 is 9.29 Å². The highest BCUT2D eigenvalue weighted by Gasteiger charge is 2.15. The predicted molar refractivity (Wildman–Crippen MR) is 67.8 cm³/mol. The lowest BCUT2D eigenvalue weighted by atomic mass is 10.1. The van der Waals surface area contributed by atoms with Crippen LogP contribution in [0.2, 0.25) is 0 Å². The summed E-state index contributed by atoms with van der Waals surface area (Å²) in [7, 11) is -3.04. The van der Waals surface area contributed by atoms with Crippen LogP contribution in [0.4, 0.5) is 0 Å². The van der Waals surface area contributed by atoms with E-state index in [9.17, 15) is 17.8 Å². The molecule has 1 heterocycles. The van der Waals surface area contributed by atoms with E-state index in [1.807, 2.05) is 0 Å². The second-order valence-corrected chi connectivity index (χ2v) is 5.60. The van der Waals surface area contributed by atoms with Crippen LogP contribution in [0.15, 0.2) is 30.5 Å². The standard InChI is InChI=1S/C12H12N2O5S/c1-19-12(15)10-4-2-3-9-5-6-14(13-11(9)10)7-8-20(16,17)18/h2-6H,7-8H2,1H3. The van der Waals surface area contributed by atoms with Crippen LogP contribution < -0.4 is 4.68 Å². The molecule has 0 saturated heterocycles. The number of hydrogen-bond acceptors (Lipinski definition) is 6. The number of aromatic nitrogens is 2. The Morgan fingerprint density at radius 2 is 2.15 bits per heavy atom. The van der Waals surface area contributed by atoms with E-state index < -0.39 is 21.8 Å². The molecule has 0 fully saturated rings. The molecule has 106 valence electrons. The number of hydrogen-bond donors (Lipinski definition) is 0. The molecule has 0 N–H and O–H groups in total. The fourth-order valence-corrected chi connectivity index (χ4v) is 2.15. The van der Waals surface area contributed by atoms with Crippen molar-refractivity contribution in [3.05, 3.63) is 36.0 Å². The molecule has 2 aromatic rings. The van der Waals surface area contributed by atoms with Gasteiger partial charge in [0.05, 0.1) is 18.4 Å². The summed E-state index contributed by atoms with van der Waals surface area (Å²) < 4.78 is 37.8. The molecule has 0 aliphatic heterocycles. The molecule has 7 nitrogen and oxygen atoms in total. The van der Waals surface area contributed by atoms with E-state index in [2.05, 4.69) is 9.84 Å². The number of aryl methyl sites for hydroxylation is 1. The molecule has 0 saturated carbocycles. The number of esters is 1. The number of benzene rings is 1. The summed E-state index contributed by atoms with van der Waals surface area (Å²) >= 11 is 0. The third kappa shape index (κ3) is 3.28. The van der Waals surface area contributed by atoms with Crippen LogP contribution in [-0.4, -0.2) is 36.9 Å². The van der Waals surface area contributed by atoms with Crippen LogP contribution in [0, 0.1) is 0 Å². The van der Waals surface area contributed by atoms with Crippen molar-refractivity contribution in [3.63, 3.8) is 0 Å². The second-order valence-electron chi connectivity index (χ2n) is 4.08. The van der Waals surface area contributed by atoms with Gasteiger partial charge in [0, 0.05) is 16.6 Å². The summed E-state index contributed by atoms with van der Waals surface area (Å²) in [6.07, 6.45) is 1.55. The zero-order valence-corrected chi connectivity index (χ0v) is 11.5. The lowest BCUT2D eigenvalue weighted by Gasteiger charge is -2.04. The quantitative estimate of drug-likeness (QED) is 0.442. The van der Waals surface area contributed by atoms with E-state index in [1.165, 1.54) is 11.8 Å². The number of carbonyl (C=O) groups is 1. The Morgan fingerprint density at radius 3 is 2.80 bits per heavy atom. The SMILES string of the molecule is COC(=O)c1cccc2cc[n+](CCS(=O)(=O)[O-])nc12. The van der Waals surface area contributed by atoms with Crippen LogP contribution in [0.1, 0.15) is 10.4 Å². The van der Waals surface area contributed by atoms with Crippen molar-refractivity contribution in [3.8, 4) is 0 Å². The molecule has 0 aliphatic carbocycles. The fraction of sp³-hybridized carbons (Fsp3) is 0.250. The average Bonchev–Trinajstić information content (AvgIpc) is 2.42. The zero-order valence-electron chi connectivity index (χ0n) is 10.6. The van der Waals surface area contributed by atoms with Crippen molar-refractivity contribution in [2.45, 2.75) is 6.54 Å². The van der Waals surface area contributed by atoms with E-state index in [0.29, 0.717) is 10.9 Å². The molecule has 2 rings (SSSR count). The summed E-state index contributed by atoms with van der Waals surface area (Å²) in [5.41, 5.74) is 0.675. The molecule has 1 aromatic carbocycles. The highest BCUT2D eigenvalue weighted by molar-refractivity contribution is 7.85. The number of fused-ring (bicyclic) bond motifs is 1. The van der Waals surface area contributed by atoms with Crippen LogP contribution in [0.25, 0.3) is 10.9 Å². The van der Waals surface area contributed by atoms with Gasteiger partial charge in [0.25, 0.3) is 0 Å². The minimum absolute atomic E-state index is 0.0721. The number of ether oxygens (including phenoxy) is 1. The van der Waals surface area contributed by atoms with Gasteiger partial charge in [-0.15, -0.1) is 0 Å². The summed E-state index contributed by atoms with van der Waals surface area (Å²) in [4.78, 5) is 11.6. The van der Waals surface area contributed by atoms with Gasteiger partial charge in [-0.1, -0.05) is 16.8 Å². The molecular formula is C12H12N2O5S. The minimum Gasteiger partial charge on any atom is -0.748 e. The topological polar surface area (TPSA) is 100 Å². The Labute approximate surface area is 115 Å². The van der Waals surface area contributed by atoms with Crippen LogP contribution in [0.3, 0.4) is 0 Å². The monoisotopic (exact) mass is 296 g/mol. The third-order valence-corrected chi connectivity index (χ3v) is 3.38. The summed E-state index contributed by atoms with van der Waals surface area (Å²) in [5.74, 6) is -1.09. The first-order valence-corrected chi connectivity index (χ1v) is 7.30. The number of rotatable bonds is 4. The first-order valence-electron chi connectivity index (χ1n) is 5.72. The lowest BCUT2D eigenvalue weighted by Crippen LogP contribution is -2.40. The number of carbonyl (C=O) groups excluding carboxylic acids is 1. The van der Waals surface area contributed by atoms with Gasteiger partial charge in [0.1, 0.15) is 10.1 Å². The van der Waals surface area contributed by atoms with Gasteiger partial charge in [-0.05, 0) is 6.07 Å². The summed E-state index contributed by atoms with van der Waals surface area (Å²) in [6, 6.07) is 6.72. The van der Waals surface area contributed by atoms with Crippen molar-refractivity contribution in [1.82, 2.24) is 5.10 Å². The van der Waals surface area contributed by atoms with Crippen LogP contribution in [-0.2, 0) is 21.4 Å². The highest BCUT2D eigenvalue weighted by atomic mass is 32.2. The Balaban J connectivity index is 2.43. The van der Waals surface area contributed by atoms with Crippen LogP contribution in [0.5, 0.6) is 0 Å². The maximum atomic E-state index is 11.6. The largest absolute Gasteiger partial charge is 0.748 e. The van der Waals surface area contributed by atoms with Crippen molar-refractivity contribution < 1.29 is 27.2 Å². The van der Waals surface area contributed by atoms with E-state index in [-0.39, 0.29) is 12.1 Å². The Bertz CT molecular complexity index is 758. The second kappa shape index (κ2) is 5.51. The molecule has 0 amide bonds. The van der Waals surface area contributed by atoms with Gasteiger partial charge in [-0.3, -0.25) is 0 Å². The first-order chi connectivity index (χ1) is 9.40. The highest BCUT2D eigenvalue weighted by Crippen LogP contribution is 2.15. The van der Waals surface area contributed by atoms with Gasteiger partial charge in [-0.25, -0.2) is 13.2 Å². The smallest absolute Gasteiger partial charge is 0.340 e. The summed E-state index contributed by atoms with van der Waals surface area (Å²) in [5, 5.41) is 4.88. The molecular weight excluding hydrogens is 284 g/mol. The maximum Gasteiger partial charge on any atom is 0.340 e. The first kappa shape index (κ1) is 14.4. The molecule has 0 atom stereocenters. The average molecular weight is 296 g/mol. The molecule has 0 radical (unpaired) electrons. The number of nitrogens with zero attached hydrogens (tertiary/aromatic N) is 2. The normalized spacial score (nSPS) is 11.5. The van der Waals surface area contributed by atoms with Gasteiger partial charge in [-0.2, -0.15) is 0 Å². The molecule has 0 bridgehead atoms. The van der Waals surface area contributed by atoms with E-state index in [4.69, 9.17) is 0 Å². The third-order valence-electron chi connectivity index (χ3n) is 2.70. The van der Waals surface area contributed by atoms with E-state index in [0.717, 1.165) is 0 Å². The molecule has 0 spiro atoms. The molecule has 8 heteroatoms. The van der Waals surface area contributed by atoms with Crippen molar-refractivity contribution in [1.29, 1.82) is 0 Å². The van der Waals surface area contributed by atoms with Gasteiger partial charge in [0.15, 0.2) is 18.3 Å². The summed E-state index contributed by atoms with van der Waals surface area (Å²) in [6.45, 7) is -0.0721. The van der Waals surface area contributed by atoms with E-state index >= 15 is 0 Å². The molecule has 0 aliphatic rings. The maximum absolute atomic E-state index is 11.6. The van der Waals surface area contributed by atoms with E-state index in [1.54, 1.807) is 30.5 Å². The minimum atomic E-state index is -4.31. The van der Waals surface area contributed by atoms with Gasteiger partial charge >= 0.3 is 5.97 Å². The molecule has 0 unspecified atom stereocenters. The van der Waals surface area contributed by atoms with Crippen molar-refractivity contribution in [2.75, 3.05) is 12.9 Å². The van der Waals surface area contributed by atoms with Gasteiger partial charge in [0.2, 0.25) is 0 Å². The Hall–Kier alpha value is -2.06. The van der Waals surface area contributed by atoms with Crippen LogP contribution >= 0.6 is 0 Å². The predicted octanol–water partition coefficient (Wildman–Crippen LogP) is -0.146. The number of methoxy groups -OCH3 is 1. The fourth-order valence-electron chi connectivity index (χ4n) is 1.74. The molecule has 20 heavy (non-hydrogen) atoms.